The molecule has 0 aliphatic carbocycles. The smallest absolute Gasteiger partial charge is 0.417 e. The fourth-order valence-electron chi connectivity index (χ4n) is 1.26. The number of hydrogen-bond donors (Lipinski definition) is 2. The van der Waals surface area contributed by atoms with Crippen molar-refractivity contribution in [2.75, 3.05) is 6.54 Å². The van der Waals surface area contributed by atoms with Gasteiger partial charge >= 0.3 is 12.1 Å². The van der Waals surface area contributed by atoms with Crippen LogP contribution in [0.3, 0.4) is 0 Å². The van der Waals surface area contributed by atoms with E-state index in [9.17, 15) is 26.4 Å². The summed E-state index contributed by atoms with van der Waals surface area (Å²) in [6.07, 6.45) is -5.17. The van der Waals surface area contributed by atoms with Crippen molar-refractivity contribution in [3.8, 4) is 0 Å². The van der Waals surface area contributed by atoms with Gasteiger partial charge in [0.15, 0.2) is 0 Å². The summed E-state index contributed by atoms with van der Waals surface area (Å²) in [6, 6.07) is 2.43. The molecule has 0 amide bonds. The lowest BCUT2D eigenvalue weighted by molar-refractivity contribution is -0.138. The molecule has 0 radical (unpaired) electrons. The predicted octanol–water partition coefficient (Wildman–Crippen LogP) is 2.22. The van der Waals surface area contributed by atoms with Gasteiger partial charge in [-0.2, -0.15) is 13.2 Å². The van der Waals surface area contributed by atoms with Gasteiger partial charge in [-0.1, -0.05) is 15.9 Å². The van der Waals surface area contributed by atoms with Gasteiger partial charge in [-0.05, 0) is 18.2 Å². The lowest BCUT2D eigenvalue weighted by Crippen LogP contribution is -2.26. The van der Waals surface area contributed by atoms with E-state index in [1.165, 1.54) is 0 Å². The first-order chi connectivity index (χ1) is 9.04. The van der Waals surface area contributed by atoms with Crippen LogP contribution in [0.2, 0.25) is 0 Å². The topological polar surface area (TPSA) is 83.5 Å². The second kappa shape index (κ2) is 6.10. The van der Waals surface area contributed by atoms with Crippen molar-refractivity contribution in [3.63, 3.8) is 0 Å². The van der Waals surface area contributed by atoms with Crippen LogP contribution < -0.4 is 4.72 Å². The zero-order valence-electron chi connectivity index (χ0n) is 9.74. The van der Waals surface area contributed by atoms with Gasteiger partial charge in [-0.3, -0.25) is 4.79 Å². The third-order valence-corrected chi connectivity index (χ3v) is 4.33. The van der Waals surface area contributed by atoms with Gasteiger partial charge in [0.05, 0.1) is 16.9 Å². The van der Waals surface area contributed by atoms with Gasteiger partial charge in [-0.25, -0.2) is 13.1 Å². The van der Waals surface area contributed by atoms with E-state index in [4.69, 9.17) is 5.11 Å². The molecular formula is C10H9BrF3NO4S. The maximum Gasteiger partial charge on any atom is 0.417 e. The first-order valence-electron chi connectivity index (χ1n) is 5.12. The van der Waals surface area contributed by atoms with E-state index in [0.29, 0.717) is 6.07 Å². The molecule has 0 fully saturated rings. The van der Waals surface area contributed by atoms with Crippen LogP contribution in [0.15, 0.2) is 27.6 Å². The van der Waals surface area contributed by atoms with Crippen molar-refractivity contribution in [1.82, 2.24) is 4.72 Å². The normalized spacial score (nSPS) is 12.4. The number of benzene rings is 1. The minimum absolute atomic E-state index is 0.283. The summed E-state index contributed by atoms with van der Waals surface area (Å²) in [5.74, 6) is -1.22. The summed E-state index contributed by atoms with van der Waals surface area (Å²) in [4.78, 5) is 9.68. The molecule has 112 valence electrons. The highest BCUT2D eigenvalue weighted by Crippen LogP contribution is 2.36. The monoisotopic (exact) mass is 375 g/mol. The average molecular weight is 376 g/mol. The van der Waals surface area contributed by atoms with Crippen molar-refractivity contribution in [1.29, 1.82) is 0 Å². The van der Waals surface area contributed by atoms with Crippen LogP contribution in [0.25, 0.3) is 0 Å². The van der Waals surface area contributed by atoms with E-state index in [1.54, 1.807) is 0 Å². The number of sulfonamides is 1. The molecule has 0 aliphatic rings. The number of rotatable bonds is 5. The molecule has 0 aromatic heterocycles. The van der Waals surface area contributed by atoms with E-state index in [0.717, 1.165) is 12.1 Å². The first-order valence-corrected chi connectivity index (χ1v) is 7.40. The zero-order valence-corrected chi connectivity index (χ0v) is 12.1. The third-order valence-electron chi connectivity index (χ3n) is 2.18. The molecule has 0 unspecified atom stereocenters. The standard InChI is InChI=1S/C10H9BrF3NO4S/c11-8-2-1-6(5-7(8)10(12,13)14)20(18,19)15-4-3-9(16)17/h1-2,5,15H,3-4H2,(H,16,17). The summed E-state index contributed by atoms with van der Waals surface area (Å²) in [5, 5.41) is 8.38. The van der Waals surface area contributed by atoms with Crippen molar-refractivity contribution in [2.45, 2.75) is 17.5 Å². The Morgan fingerprint density at radius 1 is 1.35 bits per heavy atom. The van der Waals surface area contributed by atoms with E-state index in [2.05, 4.69) is 15.9 Å². The van der Waals surface area contributed by atoms with Crippen LogP contribution in [-0.2, 0) is 21.0 Å². The van der Waals surface area contributed by atoms with Crippen LogP contribution in [-0.4, -0.2) is 26.0 Å². The van der Waals surface area contributed by atoms with Gasteiger partial charge in [-0.15, -0.1) is 0 Å². The Kier molecular flexibility index (Phi) is 5.16. The molecule has 1 aromatic carbocycles. The Morgan fingerprint density at radius 3 is 2.45 bits per heavy atom. The molecule has 2 N–H and O–H groups in total. The Morgan fingerprint density at radius 2 is 1.95 bits per heavy atom. The van der Waals surface area contributed by atoms with Gasteiger partial charge in [0, 0.05) is 11.0 Å². The number of halogens is 4. The SMILES string of the molecule is O=C(O)CCNS(=O)(=O)c1ccc(Br)c(C(F)(F)F)c1. The number of carboxylic acids is 1. The quantitative estimate of drug-likeness (QED) is 0.826. The van der Waals surface area contributed by atoms with E-state index in [-0.39, 0.29) is 4.47 Å². The average Bonchev–Trinajstić information content (AvgIpc) is 2.26. The van der Waals surface area contributed by atoms with Crippen molar-refractivity contribution >= 4 is 31.9 Å². The Bertz CT molecular complexity index is 615. The second-order valence-electron chi connectivity index (χ2n) is 3.68. The minimum Gasteiger partial charge on any atom is -0.481 e. The van der Waals surface area contributed by atoms with E-state index < -0.39 is 45.6 Å². The zero-order chi connectivity index (χ0) is 15.6. The van der Waals surface area contributed by atoms with Gasteiger partial charge < -0.3 is 5.11 Å². The summed E-state index contributed by atoms with van der Waals surface area (Å²) < 4.78 is 63.0. The molecule has 10 heteroatoms. The molecule has 0 bridgehead atoms. The Balaban J connectivity index is 3.05. The summed E-state index contributed by atoms with van der Waals surface area (Å²) >= 11 is 2.69. The summed E-state index contributed by atoms with van der Waals surface area (Å²) in [6.45, 7) is -0.408. The molecule has 20 heavy (non-hydrogen) atoms. The molecule has 0 aliphatic heterocycles. The van der Waals surface area contributed by atoms with Gasteiger partial charge in [0.1, 0.15) is 0 Å². The minimum atomic E-state index is -4.70. The molecular weight excluding hydrogens is 367 g/mol. The number of nitrogens with one attached hydrogen (secondary N) is 1. The van der Waals surface area contributed by atoms with E-state index >= 15 is 0 Å². The maximum absolute atomic E-state index is 12.7. The van der Waals surface area contributed by atoms with Crippen LogP contribution in [0.1, 0.15) is 12.0 Å². The van der Waals surface area contributed by atoms with Crippen LogP contribution in [0, 0.1) is 0 Å². The first kappa shape index (κ1) is 16.9. The third kappa shape index (κ3) is 4.46. The van der Waals surface area contributed by atoms with Gasteiger partial charge in [0.25, 0.3) is 0 Å². The fourth-order valence-corrected chi connectivity index (χ4v) is 2.79. The number of alkyl halides is 3. The largest absolute Gasteiger partial charge is 0.481 e. The second-order valence-corrected chi connectivity index (χ2v) is 6.30. The summed E-state index contributed by atoms with van der Waals surface area (Å²) in [7, 11) is -4.19. The molecule has 0 saturated carbocycles. The van der Waals surface area contributed by atoms with Crippen LogP contribution >= 0.6 is 15.9 Å². The maximum atomic E-state index is 12.7. The van der Waals surface area contributed by atoms with Gasteiger partial charge in [0.2, 0.25) is 10.0 Å². The highest BCUT2D eigenvalue weighted by molar-refractivity contribution is 9.10. The molecule has 0 saturated heterocycles. The Hall–Kier alpha value is -1.13. The Labute approximate surface area is 121 Å². The molecule has 1 rings (SSSR count). The summed E-state index contributed by atoms with van der Waals surface area (Å²) in [5.41, 5.74) is -1.13. The number of hydrogen-bond acceptors (Lipinski definition) is 3. The van der Waals surface area contributed by atoms with Crippen molar-refractivity contribution in [3.05, 3.63) is 28.2 Å². The molecule has 0 spiro atoms. The lowest BCUT2D eigenvalue weighted by atomic mass is 10.2. The fraction of sp³-hybridized carbons (Fsp3) is 0.300. The molecule has 0 heterocycles. The lowest BCUT2D eigenvalue weighted by Gasteiger charge is -2.11. The van der Waals surface area contributed by atoms with Crippen molar-refractivity contribution in [2.24, 2.45) is 0 Å². The van der Waals surface area contributed by atoms with E-state index in [1.807, 2.05) is 4.72 Å². The van der Waals surface area contributed by atoms with Crippen molar-refractivity contribution < 1.29 is 31.5 Å². The molecule has 1 aromatic rings. The number of carboxylic acid groups (broad SMARTS) is 1. The molecule has 0 atom stereocenters. The number of aliphatic carboxylic acids is 1. The predicted molar refractivity (Wildman–Crippen MR) is 66.6 cm³/mol. The number of carbonyl (C=O) groups is 1. The highest BCUT2D eigenvalue weighted by atomic mass is 79.9. The van der Waals surface area contributed by atoms with Crippen LogP contribution in [0.4, 0.5) is 13.2 Å². The molecule has 5 nitrogen and oxygen atoms in total. The van der Waals surface area contributed by atoms with Crippen LogP contribution in [0.5, 0.6) is 0 Å². The highest BCUT2D eigenvalue weighted by Gasteiger charge is 2.34.